The van der Waals surface area contributed by atoms with Gasteiger partial charge in [-0.2, -0.15) is 0 Å². The lowest BCUT2D eigenvalue weighted by molar-refractivity contribution is 0.186. The zero-order chi connectivity index (χ0) is 12.3. The molecule has 0 spiro atoms. The van der Waals surface area contributed by atoms with Crippen LogP contribution in [-0.4, -0.2) is 33.2 Å². The van der Waals surface area contributed by atoms with Crippen LogP contribution in [0.25, 0.3) is 0 Å². The topological polar surface area (TPSA) is 21.6 Å². The summed E-state index contributed by atoms with van der Waals surface area (Å²) < 4.78 is 5.11. The molecule has 1 unspecified atom stereocenters. The minimum absolute atomic E-state index is 0.282. The van der Waals surface area contributed by atoms with Crippen LogP contribution in [0.4, 0.5) is 0 Å². The van der Waals surface area contributed by atoms with Gasteiger partial charge < -0.3 is 4.74 Å². The van der Waals surface area contributed by atoms with Crippen molar-refractivity contribution in [2.24, 2.45) is 4.99 Å². The summed E-state index contributed by atoms with van der Waals surface area (Å²) in [5, 5.41) is 1.72. The molecule has 15 heavy (non-hydrogen) atoms. The lowest BCUT2D eigenvalue weighted by Gasteiger charge is -2.37. The summed E-state index contributed by atoms with van der Waals surface area (Å²) in [5.41, 5.74) is 0. The molecule has 0 rings (SSSR count). The Balaban J connectivity index is 4.76. The molecule has 2 nitrogen and oxygen atoms in total. The van der Waals surface area contributed by atoms with E-state index in [2.05, 4.69) is 47.7 Å². The number of methoxy groups -OCH3 is 1. The molecule has 0 N–H and O–H groups in total. The van der Waals surface area contributed by atoms with Crippen molar-refractivity contribution in [2.45, 2.75) is 58.8 Å². The average molecular weight is 229 g/mol. The first-order valence-electron chi connectivity index (χ1n) is 5.66. The standard InChI is InChI=1S/C12H27NOSi/c1-10(9-14-6)13-11(2)15(7,8)12(3,4)5/h10H,9H2,1-8H3. The summed E-state index contributed by atoms with van der Waals surface area (Å²) in [5.74, 6) is 0. The molecule has 0 aliphatic carbocycles. The zero-order valence-electron chi connectivity index (χ0n) is 11.6. The summed E-state index contributed by atoms with van der Waals surface area (Å²) in [6, 6.07) is 0.282. The van der Waals surface area contributed by atoms with Crippen LogP contribution in [0.5, 0.6) is 0 Å². The molecule has 0 heterocycles. The van der Waals surface area contributed by atoms with E-state index in [1.807, 2.05) is 0 Å². The fourth-order valence-corrected chi connectivity index (χ4v) is 2.94. The molecule has 0 bridgehead atoms. The van der Waals surface area contributed by atoms with Gasteiger partial charge in [0.1, 0.15) is 8.07 Å². The summed E-state index contributed by atoms with van der Waals surface area (Å²) in [6.45, 7) is 16.8. The molecular weight excluding hydrogens is 202 g/mol. The molecule has 3 heteroatoms. The van der Waals surface area contributed by atoms with Crippen LogP contribution in [-0.2, 0) is 4.74 Å². The predicted octanol–water partition coefficient (Wildman–Crippen LogP) is 3.53. The van der Waals surface area contributed by atoms with Gasteiger partial charge >= 0.3 is 0 Å². The first-order chi connectivity index (χ1) is 6.63. The van der Waals surface area contributed by atoms with Gasteiger partial charge in [0.25, 0.3) is 0 Å². The largest absolute Gasteiger partial charge is 0.382 e. The highest BCUT2D eigenvalue weighted by Crippen LogP contribution is 2.36. The molecule has 1 atom stereocenters. The molecule has 0 aromatic heterocycles. The van der Waals surface area contributed by atoms with E-state index in [0.717, 1.165) is 0 Å². The van der Waals surface area contributed by atoms with E-state index in [4.69, 9.17) is 9.73 Å². The Morgan fingerprint density at radius 1 is 1.33 bits per heavy atom. The Hall–Kier alpha value is -0.153. The lowest BCUT2D eigenvalue weighted by Crippen LogP contribution is -2.45. The summed E-state index contributed by atoms with van der Waals surface area (Å²) in [6.07, 6.45) is 0. The molecular formula is C12H27NOSi. The Kier molecular flexibility index (Phi) is 5.20. The van der Waals surface area contributed by atoms with Crippen molar-refractivity contribution in [1.82, 2.24) is 0 Å². The third-order valence-corrected chi connectivity index (χ3v) is 9.29. The smallest absolute Gasteiger partial charge is 0.103 e. The number of aliphatic imine (C=N–C) groups is 1. The van der Waals surface area contributed by atoms with E-state index in [9.17, 15) is 0 Å². The van der Waals surface area contributed by atoms with Gasteiger partial charge in [-0.15, -0.1) is 0 Å². The van der Waals surface area contributed by atoms with Gasteiger partial charge in [-0.05, 0) is 24.2 Å². The highest BCUT2D eigenvalue weighted by molar-refractivity contribution is 7.06. The van der Waals surface area contributed by atoms with E-state index in [1.165, 1.54) is 5.33 Å². The Morgan fingerprint density at radius 2 is 1.80 bits per heavy atom. The van der Waals surface area contributed by atoms with Crippen molar-refractivity contribution in [2.75, 3.05) is 13.7 Å². The number of hydrogen-bond acceptors (Lipinski definition) is 2. The Morgan fingerprint density at radius 3 is 2.13 bits per heavy atom. The third kappa shape index (κ3) is 4.07. The van der Waals surface area contributed by atoms with Crippen LogP contribution < -0.4 is 0 Å². The molecule has 0 radical (unpaired) electrons. The van der Waals surface area contributed by atoms with Crippen molar-refractivity contribution >= 4 is 13.4 Å². The second-order valence-corrected chi connectivity index (χ2v) is 11.4. The van der Waals surface area contributed by atoms with Crippen molar-refractivity contribution in [3.8, 4) is 0 Å². The number of rotatable bonds is 4. The van der Waals surface area contributed by atoms with Crippen LogP contribution in [0.2, 0.25) is 18.1 Å². The maximum atomic E-state index is 5.11. The van der Waals surface area contributed by atoms with Crippen molar-refractivity contribution < 1.29 is 4.74 Å². The quantitative estimate of drug-likeness (QED) is 0.534. The molecule has 0 aliphatic rings. The van der Waals surface area contributed by atoms with Crippen molar-refractivity contribution in [3.05, 3.63) is 0 Å². The summed E-state index contributed by atoms with van der Waals surface area (Å²) in [4.78, 5) is 4.76. The highest BCUT2D eigenvalue weighted by atomic mass is 28.3. The van der Waals surface area contributed by atoms with Crippen LogP contribution in [0, 0.1) is 0 Å². The Bertz CT molecular complexity index is 228. The fraction of sp³-hybridized carbons (Fsp3) is 0.917. The maximum absolute atomic E-state index is 5.11. The molecule has 90 valence electrons. The van der Waals surface area contributed by atoms with Crippen molar-refractivity contribution in [1.29, 1.82) is 0 Å². The molecule has 0 aromatic carbocycles. The molecule has 0 amide bonds. The van der Waals surface area contributed by atoms with E-state index < -0.39 is 8.07 Å². The molecule has 0 aliphatic heterocycles. The van der Waals surface area contributed by atoms with Gasteiger partial charge in [-0.1, -0.05) is 33.9 Å². The number of nitrogens with zero attached hydrogens (tertiary/aromatic N) is 1. The normalized spacial score (nSPS) is 16.7. The molecule has 0 fully saturated rings. The van der Waals surface area contributed by atoms with Gasteiger partial charge in [0.05, 0.1) is 12.6 Å². The van der Waals surface area contributed by atoms with E-state index in [0.29, 0.717) is 11.6 Å². The average Bonchev–Trinajstić information content (AvgIpc) is 2.02. The van der Waals surface area contributed by atoms with Crippen LogP contribution in [0.15, 0.2) is 4.99 Å². The maximum Gasteiger partial charge on any atom is 0.103 e. The van der Waals surface area contributed by atoms with Crippen LogP contribution in [0.1, 0.15) is 34.6 Å². The first kappa shape index (κ1) is 14.8. The molecule has 0 aromatic rings. The van der Waals surface area contributed by atoms with Gasteiger partial charge in [0.2, 0.25) is 0 Å². The van der Waals surface area contributed by atoms with Crippen LogP contribution >= 0.6 is 0 Å². The summed E-state index contributed by atoms with van der Waals surface area (Å²) >= 11 is 0. The van der Waals surface area contributed by atoms with E-state index in [1.54, 1.807) is 7.11 Å². The first-order valence-corrected chi connectivity index (χ1v) is 8.66. The highest BCUT2D eigenvalue weighted by Gasteiger charge is 2.37. The minimum Gasteiger partial charge on any atom is -0.382 e. The predicted molar refractivity (Wildman–Crippen MR) is 71.6 cm³/mol. The second kappa shape index (κ2) is 5.26. The van der Waals surface area contributed by atoms with Gasteiger partial charge in [0, 0.05) is 7.11 Å². The van der Waals surface area contributed by atoms with E-state index >= 15 is 0 Å². The lowest BCUT2D eigenvalue weighted by atomic mass is 10.2. The van der Waals surface area contributed by atoms with E-state index in [-0.39, 0.29) is 6.04 Å². The number of ether oxygens (including phenoxy) is 1. The molecule has 0 saturated heterocycles. The summed E-state index contributed by atoms with van der Waals surface area (Å²) in [7, 11) is 0.324. The molecule has 0 saturated carbocycles. The monoisotopic (exact) mass is 229 g/mol. The minimum atomic E-state index is -1.41. The van der Waals surface area contributed by atoms with Gasteiger partial charge in [-0.25, -0.2) is 0 Å². The van der Waals surface area contributed by atoms with Gasteiger partial charge in [0.15, 0.2) is 0 Å². The third-order valence-electron chi connectivity index (χ3n) is 3.60. The second-order valence-electron chi connectivity index (χ2n) is 5.89. The SMILES string of the molecule is COCC(C)N=C(C)[Si](C)(C)C(C)(C)C. The number of hydrogen-bond donors (Lipinski definition) is 0. The van der Waals surface area contributed by atoms with Crippen LogP contribution in [0.3, 0.4) is 0 Å². The van der Waals surface area contributed by atoms with Crippen molar-refractivity contribution in [3.63, 3.8) is 0 Å². The van der Waals surface area contributed by atoms with Gasteiger partial charge in [-0.3, -0.25) is 4.99 Å². The fourth-order valence-electron chi connectivity index (χ4n) is 1.31. The zero-order valence-corrected chi connectivity index (χ0v) is 12.6. The Labute approximate surface area is 96.1 Å².